The van der Waals surface area contributed by atoms with Gasteiger partial charge in [-0.3, -0.25) is 14.4 Å². The first kappa shape index (κ1) is 18.1. The molecule has 0 aromatic carbocycles. The summed E-state index contributed by atoms with van der Waals surface area (Å²) >= 11 is 0. The summed E-state index contributed by atoms with van der Waals surface area (Å²) in [7, 11) is 1.54. The Bertz CT molecular complexity index is 766. The summed E-state index contributed by atoms with van der Waals surface area (Å²) in [6, 6.07) is -0.747. The fourth-order valence-corrected chi connectivity index (χ4v) is 5.40. The zero-order chi connectivity index (χ0) is 19.4. The third kappa shape index (κ3) is 2.36. The highest BCUT2D eigenvalue weighted by molar-refractivity contribution is 6.00. The number of hydrogen-bond donors (Lipinski definition) is 2. The molecule has 2 N–H and O–H groups in total. The predicted octanol–water partition coefficient (Wildman–Crippen LogP) is -0.0349. The summed E-state index contributed by atoms with van der Waals surface area (Å²) < 4.78 is 6.29. The molecule has 1 aliphatic carbocycles. The molecule has 0 aromatic heterocycles. The lowest BCUT2D eigenvalue weighted by Gasteiger charge is -2.32. The molecule has 0 aromatic rings. The second-order valence-corrected chi connectivity index (χ2v) is 8.11. The molecule has 144 valence electrons. The lowest BCUT2D eigenvalue weighted by atomic mass is 9.70. The van der Waals surface area contributed by atoms with E-state index in [1.54, 1.807) is 13.0 Å². The normalized spacial score (nSPS) is 39.5. The van der Waals surface area contributed by atoms with Crippen LogP contribution in [0, 0.1) is 24.2 Å². The topological polar surface area (TPSA) is 87.7 Å². The first-order chi connectivity index (χ1) is 12.9. The number of rotatable bonds is 4. The molecule has 5 atom stereocenters. The molecule has 1 spiro atoms. The number of nitrogens with zero attached hydrogens (tertiary/aromatic N) is 1. The quantitative estimate of drug-likeness (QED) is 0.536. The third-order valence-corrected chi connectivity index (χ3v) is 6.54. The molecule has 7 heteroatoms. The van der Waals surface area contributed by atoms with Crippen molar-refractivity contribution in [2.75, 3.05) is 13.6 Å². The van der Waals surface area contributed by atoms with Crippen LogP contribution in [0.15, 0.2) is 12.2 Å². The second-order valence-electron chi connectivity index (χ2n) is 8.11. The van der Waals surface area contributed by atoms with E-state index in [-0.39, 0.29) is 30.3 Å². The minimum absolute atomic E-state index is 0.00815. The Morgan fingerprint density at radius 2 is 2.04 bits per heavy atom. The molecule has 4 aliphatic rings. The van der Waals surface area contributed by atoms with Crippen LogP contribution in [-0.4, -0.2) is 59.5 Å². The fraction of sp³-hybridized carbons (Fsp3) is 0.650. The van der Waals surface area contributed by atoms with Gasteiger partial charge < -0.3 is 20.3 Å². The summed E-state index contributed by atoms with van der Waals surface area (Å²) in [5, 5.41) is 5.71. The molecular formula is C20H25N3O4. The molecular weight excluding hydrogens is 346 g/mol. The van der Waals surface area contributed by atoms with Crippen molar-refractivity contribution < 1.29 is 19.1 Å². The molecule has 4 rings (SSSR count). The highest BCUT2D eigenvalue weighted by Crippen LogP contribution is 2.59. The number of carbonyl (C=O) groups is 3. The van der Waals surface area contributed by atoms with Crippen LogP contribution >= 0.6 is 0 Å². The smallest absolute Gasteiger partial charge is 0.246 e. The minimum Gasteiger partial charge on any atom is -0.359 e. The highest BCUT2D eigenvalue weighted by Gasteiger charge is 2.76. The van der Waals surface area contributed by atoms with Crippen LogP contribution in [0.3, 0.4) is 0 Å². The van der Waals surface area contributed by atoms with Gasteiger partial charge in [-0.15, -0.1) is 6.42 Å². The minimum atomic E-state index is -1.15. The molecule has 0 radical (unpaired) electrons. The molecule has 2 bridgehead atoms. The van der Waals surface area contributed by atoms with Crippen molar-refractivity contribution in [3.63, 3.8) is 0 Å². The summed E-state index contributed by atoms with van der Waals surface area (Å²) in [6.45, 7) is 1.80. The Balaban J connectivity index is 1.73. The van der Waals surface area contributed by atoms with Gasteiger partial charge in [-0.25, -0.2) is 0 Å². The standard InChI is InChI=1S/C20H25N3O4/c1-4-11-23-15(17(25)22-12-7-5-6-8-12)20-10-9-19(2,27-20)13(16(24)21-3)14(20)18(23)26/h1,9-10,12-15H,5-8,11H2,2-3H3,(H,21,24)(H,22,25)/t13-,14+,15-,19+,20+/m1/s1. The molecule has 2 saturated heterocycles. The zero-order valence-electron chi connectivity index (χ0n) is 15.7. The number of amides is 3. The summed E-state index contributed by atoms with van der Waals surface area (Å²) in [6.07, 6.45) is 13.1. The largest absolute Gasteiger partial charge is 0.359 e. The van der Waals surface area contributed by atoms with E-state index in [4.69, 9.17) is 11.2 Å². The maximum absolute atomic E-state index is 13.2. The van der Waals surface area contributed by atoms with Gasteiger partial charge in [0.15, 0.2) is 0 Å². The van der Waals surface area contributed by atoms with Gasteiger partial charge in [-0.2, -0.15) is 0 Å². The Morgan fingerprint density at radius 1 is 1.33 bits per heavy atom. The molecule has 0 unspecified atom stereocenters. The first-order valence-electron chi connectivity index (χ1n) is 9.54. The lowest BCUT2D eigenvalue weighted by molar-refractivity contribution is -0.144. The van der Waals surface area contributed by atoms with Crippen LogP contribution < -0.4 is 10.6 Å². The predicted molar refractivity (Wildman–Crippen MR) is 97.1 cm³/mol. The molecule has 7 nitrogen and oxygen atoms in total. The van der Waals surface area contributed by atoms with E-state index in [9.17, 15) is 14.4 Å². The highest BCUT2D eigenvalue weighted by atomic mass is 16.5. The van der Waals surface area contributed by atoms with Crippen LogP contribution in [0.2, 0.25) is 0 Å². The van der Waals surface area contributed by atoms with Crippen molar-refractivity contribution in [1.82, 2.24) is 15.5 Å². The average Bonchev–Trinajstić information content (AvgIpc) is 3.35. The van der Waals surface area contributed by atoms with E-state index < -0.39 is 29.1 Å². The number of carbonyl (C=O) groups excluding carboxylic acids is 3. The van der Waals surface area contributed by atoms with Crippen LogP contribution in [0.25, 0.3) is 0 Å². The van der Waals surface area contributed by atoms with Gasteiger partial charge in [0.2, 0.25) is 17.7 Å². The third-order valence-electron chi connectivity index (χ3n) is 6.54. The van der Waals surface area contributed by atoms with E-state index in [2.05, 4.69) is 16.6 Å². The van der Waals surface area contributed by atoms with Gasteiger partial charge in [-0.1, -0.05) is 30.9 Å². The number of fused-ring (bicyclic) bond motifs is 1. The van der Waals surface area contributed by atoms with E-state index in [0.29, 0.717) is 0 Å². The van der Waals surface area contributed by atoms with Gasteiger partial charge in [0.25, 0.3) is 0 Å². The first-order valence-corrected chi connectivity index (χ1v) is 9.54. The van der Waals surface area contributed by atoms with Gasteiger partial charge in [0, 0.05) is 13.1 Å². The van der Waals surface area contributed by atoms with E-state index in [0.717, 1.165) is 25.7 Å². The summed E-state index contributed by atoms with van der Waals surface area (Å²) in [5.41, 5.74) is -2.06. The van der Waals surface area contributed by atoms with Crippen LogP contribution in [0.5, 0.6) is 0 Å². The Morgan fingerprint density at radius 3 is 2.67 bits per heavy atom. The van der Waals surface area contributed by atoms with Crippen LogP contribution in [0.1, 0.15) is 32.6 Å². The van der Waals surface area contributed by atoms with Crippen LogP contribution in [-0.2, 0) is 19.1 Å². The number of terminal acetylenes is 1. The Labute approximate surface area is 158 Å². The van der Waals surface area contributed by atoms with Crippen molar-refractivity contribution in [3.8, 4) is 12.3 Å². The van der Waals surface area contributed by atoms with Crippen molar-refractivity contribution in [1.29, 1.82) is 0 Å². The van der Waals surface area contributed by atoms with Gasteiger partial charge >= 0.3 is 0 Å². The average molecular weight is 371 g/mol. The molecule has 27 heavy (non-hydrogen) atoms. The lowest BCUT2D eigenvalue weighted by Crippen LogP contribution is -2.56. The second kappa shape index (κ2) is 6.10. The molecule has 3 fully saturated rings. The van der Waals surface area contributed by atoms with Crippen molar-refractivity contribution >= 4 is 17.7 Å². The van der Waals surface area contributed by atoms with Crippen molar-refractivity contribution in [2.24, 2.45) is 11.8 Å². The Hall–Kier alpha value is -2.33. The summed E-state index contributed by atoms with van der Waals surface area (Å²) in [5.74, 6) is 0.230. The maximum atomic E-state index is 13.2. The number of nitrogens with one attached hydrogen (secondary N) is 2. The van der Waals surface area contributed by atoms with Gasteiger partial charge in [0.1, 0.15) is 11.6 Å². The SMILES string of the molecule is C#CCN1C(=O)[C@@H]2[C@H](C(=O)NC)[C@]3(C)C=C[C@@]2(O3)[C@H]1C(=O)NC1CCCC1. The van der Waals surface area contributed by atoms with Crippen molar-refractivity contribution in [3.05, 3.63) is 12.2 Å². The molecule has 3 heterocycles. The number of ether oxygens (including phenoxy) is 1. The Kier molecular flexibility index (Phi) is 4.08. The van der Waals surface area contributed by atoms with E-state index in [1.165, 1.54) is 11.9 Å². The molecule has 3 amide bonds. The van der Waals surface area contributed by atoms with Crippen molar-refractivity contribution in [2.45, 2.75) is 55.9 Å². The van der Waals surface area contributed by atoms with E-state index in [1.807, 2.05) is 6.08 Å². The molecule has 3 aliphatic heterocycles. The zero-order valence-corrected chi connectivity index (χ0v) is 15.7. The monoisotopic (exact) mass is 371 g/mol. The number of hydrogen-bond acceptors (Lipinski definition) is 4. The molecule has 1 saturated carbocycles. The van der Waals surface area contributed by atoms with E-state index >= 15 is 0 Å². The van der Waals surface area contributed by atoms with Gasteiger partial charge in [-0.05, 0) is 19.8 Å². The van der Waals surface area contributed by atoms with Crippen LogP contribution in [0.4, 0.5) is 0 Å². The maximum Gasteiger partial charge on any atom is 0.246 e. The fourth-order valence-electron chi connectivity index (χ4n) is 5.40. The summed E-state index contributed by atoms with van der Waals surface area (Å²) in [4.78, 5) is 40.4. The van der Waals surface area contributed by atoms with Gasteiger partial charge in [0.05, 0.1) is 24.0 Å². The number of likely N-dealkylation sites (tertiary alicyclic amines) is 1.